The molecule has 0 aromatic heterocycles. The van der Waals surface area contributed by atoms with Gasteiger partial charge in [-0.05, 0) is 129 Å². The van der Waals surface area contributed by atoms with E-state index >= 15 is 0 Å². The van der Waals surface area contributed by atoms with E-state index in [-0.39, 0.29) is 33.9 Å². The van der Waals surface area contributed by atoms with E-state index in [1.165, 1.54) is 61.3 Å². The van der Waals surface area contributed by atoms with Gasteiger partial charge in [-0.15, -0.1) is 0 Å². The maximum absolute atomic E-state index is 13.8. The van der Waals surface area contributed by atoms with Crippen molar-refractivity contribution in [2.24, 2.45) is 11.8 Å². The molecule has 1 atom stereocenters. The van der Waals surface area contributed by atoms with Gasteiger partial charge in [-0.1, -0.05) is 60.7 Å². The number of halogens is 3. The largest absolute Gasteiger partial charge is 1.00 e. The van der Waals surface area contributed by atoms with Crippen molar-refractivity contribution >= 4 is 33.1 Å². The molecule has 0 nitrogen and oxygen atoms in total. The zero-order valence-electron chi connectivity index (χ0n) is 24.6. The Hall–Kier alpha value is -1.67. The van der Waals surface area contributed by atoms with Crippen LogP contribution in [0, 0.1) is 23.5 Å². The highest BCUT2D eigenvalue weighted by atomic mass is 127. The normalized spacial score (nSPS) is 22.5. The molecular weight excluding hydrogens is 671 g/mol. The molecule has 2 aliphatic rings. The molecule has 5 heteroatoms. The van der Waals surface area contributed by atoms with E-state index in [4.69, 9.17) is 0 Å². The SMILES string of the molecule is C[P+](c1ccccc1)(c1ccccc1)c1ccccc1[C@H]1CC[C@H]([C@H]2CC[C@H](c3ccc(F)c(F)c3)CC2)CC1.P.[I-]. The molecule has 0 aliphatic heterocycles. The van der Waals surface area contributed by atoms with Crippen LogP contribution in [0.5, 0.6) is 0 Å². The monoisotopic (exact) mass is 714 g/mol. The van der Waals surface area contributed by atoms with Crippen LogP contribution in [-0.4, -0.2) is 6.66 Å². The number of rotatable bonds is 6. The minimum atomic E-state index is -1.77. The lowest BCUT2D eigenvalue weighted by Crippen LogP contribution is -3.00. The Morgan fingerprint density at radius 2 is 1.02 bits per heavy atom. The summed E-state index contributed by atoms with van der Waals surface area (Å²) in [5.41, 5.74) is 2.53. The highest BCUT2D eigenvalue weighted by molar-refractivity contribution is 7.95. The number of benzene rings is 4. The van der Waals surface area contributed by atoms with Crippen LogP contribution in [0.2, 0.25) is 0 Å². The Balaban J connectivity index is 0.00000202. The Morgan fingerprint density at radius 3 is 1.55 bits per heavy atom. The molecule has 0 radical (unpaired) electrons. The molecule has 0 amide bonds. The van der Waals surface area contributed by atoms with Gasteiger partial charge < -0.3 is 24.0 Å². The molecule has 0 N–H and O–H groups in total. The molecule has 1 unspecified atom stereocenters. The molecule has 0 heterocycles. The summed E-state index contributed by atoms with van der Waals surface area (Å²) < 4.78 is 27.2. The van der Waals surface area contributed by atoms with Gasteiger partial charge >= 0.3 is 0 Å². The van der Waals surface area contributed by atoms with Crippen molar-refractivity contribution in [2.45, 2.75) is 63.2 Å². The summed E-state index contributed by atoms with van der Waals surface area (Å²) in [6, 6.07) is 36.1. The van der Waals surface area contributed by atoms with Gasteiger partial charge in [0.05, 0.1) is 6.66 Å². The van der Waals surface area contributed by atoms with Crippen LogP contribution in [0.25, 0.3) is 0 Å². The van der Waals surface area contributed by atoms with Gasteiger partial charge in [-0.2, -0.15) is 9.90 Å². The third kappa shape index (κ3) is 6.85. The first kappa shape index (κ1) is 33.2. The molecule has 2 fully saturated rings. The van der Waals surface area contributed by atoms with Gasteiger partial charge in [0, 0.05) is 0 Å². The van der Waals surface area contributed by atoms with E-state index in [1.807, 2.05) is 0 Å². The van der Waals surface area contributed by atoms with E-state index in [1.54, 1.807) is 16.9 Å². The fourth-order valence-corrected chi connectivity index (χ4v) is 11.3. The Bertz CT molecular complexity index is 1370. The molecular formula is C37H43F2IP2. The molecule has 4 aromatic rings. The first-order valence-electron chi connectivity index (χ1n) is 15.1. The predicted octanol–water partition coefficient (Wildman–Crippen LogP) is 6.20. The van der Waals surface area contributed by atoms with Gasteiger partial charge in [0.25, 0.3) is 0 Å². The predicted molar refractivity (Wildman–Crippen MR) is 178 cm³/mol. The molecule has 42 heavy (non-hydrogen) atoms. The number of hydrogen-bond acceptors (Lipinski definition) is 0. The summed E-state index contributed by atoms with van der Waals surface area (Å²) in [7, 11) is -1.77. The fraction of sp³-hybridized carbons (Fsp3) is 0.351. The minimum Gasteiger partial charge on any atom is -1.00 e. The van der Waals surface area contributed by atoms with E-state index < -0.39 is 18.9 Å². The van der Waals surface area contributed by atoms with Crippen molar-refractivity contribution in [1.29, 1.82) is 0 Å². The van der Waals surface area contributed by atoms with Crippen LogP contribution in [0.4, 0.5) is 8.78 Å². The fourth-order valence-electron chi connectivity index (χ4n) is 7.71. The summed E-state index contributed by atoms with van der Waals surface area (Å²) in [5, 5.41) is 4.43. The van der Waals surface area contributed by atoms with Crippen molar-refractivity contribution in [3.63, 3.8) is 0 Å². The summed E-state index contributed by atoms with van der Waals surface area (Å²) in [6.45, 7) is 2.51. The zero-order chi connectivity index (χ0) is 27.5. The topological polar surface area (TPSA) is 0 Å². The molecule has 0 saturated heterocycles. The van der Waals surface area contributed by atoms with Gasteiger partial charge in [-0.25, -0.2) is 8.78 Å². The van der Waals surface area contributed by atoms with Gasteiger partial charge in [0.1, 0.15) is 23.2 Å². The average Bonchev–Trinajstić information content (AvgIpc) is 3.03. The summed E-state index contributed by atoms with van der Waals surface area (Å²) >= 11 is 0. The molecule has 2 aliphatic carbocycles. The lowest BCUT2D eigenvalue weighted by molar-refractivity contribution is -0.00000914. The van der Waals surface area contributed by atoms with E-state index in [9.17, 15) is 8.78 Å². The highest BCUT2D eigenvalue weighted by Crippen LogP contribution is 2.54. The highest BCUT2D eigenvalue weighted by Gasteiger charge is 2.43. The Kier molecular flexibility index (Phi) is 11.8. The van der Waals surface area contributed by atoms with Crippen LogP contribution in [-0.2, 0) is 0 Å². The van der Waals surface area contributed by atoms with Gasteiger partial charge in [-0.3, -0.25) is 0 Å². The second kappa shape index (κ2) is 14.9. The summed E-state index contributed by atoms with van der Waals surface area (Å²) in [4.78, 5) is 0. The third-order valence-electron chi connectivity index (χ3n) is 10.0. The van der Waals surface area contributed by atoms with Crippen LogP contribution < -0.4 is 39.9 Å². The standard InChI is InChI=1S/C37H40F2P.HI.H3P/c1-40(32-10-4-2-5-11-32,33-12-6-3-7-13-33)37-15-9-8-14-34(37)30-22-20-28(21-23-30)27-16-18-29(19-17-27)31-24-25-35(38)36(39)26-31;;/h2-15,24-30H,16-23H2,1H3;1H;1H3/q+1;;/p-1/t27-,28-,29-,30-;;. The lowest BCUT2D eigenvalue weighted by Gasteiger charge is -2.38. The smallest absolute Gasteiger partial charge is 0.159 e. The molecule has 4 aromatic carbocycles. The van der Waals surface area contributed by atoms with Crippen molar-refractivity contribution in [3.05, 3.63) is 126 Å². The molecule has 6 rings (SSSR count). The molecule has 222 valence electrons. The van der Waals surface area contributed by atoms with Crippen LogP contribution in [0.15, 0.2) is 103 Å². The first-order valence-corrected chi connectivity index (χ1v) is 17.3. The van der Waals surface area contributed by atoms with Crippen LogP contribution in [0.3, 0.4) is 0 Å². The van der Waals surface area contributed by atoms with Crippen molar-refractivity contribution in [3.8, 4) is 0 Å². The average molecular weight is 715 g/mol. The van der Waals surface area contributed by atoms with Gasteiger partial charge in [0.2, 0.25) is 0 Å². The Morgan fingerprint density at radius 1 is 0.548 bits per heavy atom. The van der Waals surface area contributed by atoms with Crippen LogP contribution in [0.1, 0.15) is 74.3 Å². The maximum atomic E-state index is 13.8. The van der Waals surface area contributed by atoms with E-state index in [2.05, 4.69) is 91.6 Å². The molecule has 0 spiro atoms. The Labute approximate surface area is 272 Å². The quantitative estimate of drug-likeness (QED) is 0.165. The van der Waals surface area contributed by atoms with E-state index in [0.29, 0.717) is 11.8 Å². The molecule has 0 bridgehead atoms. The molecule has 2 saturated carbocycles. The van der Waals surface area contributed by atoms with Gasteiger partial charge in [0.15, 0.2) is 11.6 Å². The second-order valence-electron chi connectivity index (χ2n) is 12.1. The van der Waals surface area contributed by atoms with Crippen molar-refractivity contribution in [2.75, 3.05) is 6.66 Å². The minimum absolute atomic E-state index is 0. The summed E-state index contributed by atoms with van der Waals surface area (Å²) in [5.74, 6) is 1.08. The zero-order valence-corrected chi connectivity index (χ0v) is 29.0. The second-order valence-corrected chi connectivity index (χ2v) is 15.7. The van der Waals surface area contributed by atoms with Crippen LogP contribution >= 0.6 is 17.2 Å². The maximum Gasteiger partial charge on any atom is 0.159 e. The number of hydrogen-bond donors (Lipinski definition) is 0. The van der Waals surface area contributed by atoms with Crippen molar-refractivity contribution < 1.29 is 32.8 Å². The van der Waals surface area contributed by atoms with E-state index in [0.717, 1.165) is 30.2 Å². The summed E-state index contributed by atoms with van der Waals surface area (Å²) in [6.07, 6.45) is 9.72. The lowest BCUT2D eigenvalue weighted by atomic mass is 9.67. The first-order chi connectivity index (χ1) is 19.5. The third-order valence-corrected chi connectivity index (χ3v) is 14.1. The van der Waals surface area contributed by atoms with Crippen molar-refractivity contribution in [1.82, 2.24) is 0 Å².